The molecule has 3 aromatic rings. The highest BCUT2D eigenvalue weighted by molar-refractivity contribution is 5.97. The van der Waals surface area contributed by atoms with Gasteiger partial charge >= 0.3 is 0 Å². The summed E-state index contributed by atoms with van der Waals surface area (Å²) in [5.74, 6) is 0.844. The molecule has 0 atom stereocenters. The Kier molecular flexibility index (Phi) is 6.20. The molecular weight excluding hydrogens is 412 g/mol. The Bertz CT molecular complexity index is 1110. The van der Waals surface area contributed by atoms with Crippen molar-refractivity contribution in [1.82, 2.24) is 14.9 Å². The fourth-order valence-corrected chi connectivity index (χ4v) is 4.89. The number of benzene rings is 2. The van der Waals surface area contributed by atoms with Crippen molar-refractivity contribution in [3.8, 4) is 0 Å². The maximum absolute atomic E-state index is 12.9. The number of likely N-dealkylation sites (tertiary alicyclic amines) is 1. The number of rotatable bonds is 7. The summed E-state index contributed by atoms with van der Waals surface area (Å²) in [6, 6.07) is 17.9. The number of ketones is 1. The number of carbonyl (C=O) groups excluding carboxylic acids is 1. The van der Waals surface area contributed by atoms with Crippen LogP contribution in [0.5, 0.6) is 0 Å². The maximum Gasteiger partial charge on any atom is 0.165 e. The summed E-state index contributed by atoms with van der Waals surface area (Å²) in [6.45, 7) is 2.48. The average molecular weight is 443 g/mol. The number of Topliss-reactive ketones (excluding diaryl/α,β-unsaturated/α-hetero) is 1. The minimum atomic E-state index is -0.928. The Morgan fingerprint density at radius 3 is 2.52 bits per heavy atom. The highest BCUT2D eigenvalue weighted by Gasteiger charge is 2.34. The second-order valence-electron chi connectivity index (χ2n) is 9.29. The lowest BCUT2D eigenvalue weighted by atomic mass is 9.85. The van der Waals surface area contributed by atoms with Crippen LogP contribution in [0.1, 0.15) is 52.9 Å². The molecule has 2 aliphatic rings. The Balaban J connectivity index is 1.16. The van der Waals surface area contributed by atoms with E-state index in [-0.39, 0.29) is 12.2 Å². The second kappa shape index (κ2) is 9.41. The molecule has 2 heterocycles. The van der Waals surface area contributed by atoms with Crippen LogP contribution in [0.4, 0.5) is 11.5 Å². The van der Waals surface area contributed by atoms with E-state index >= 15 is 0 Å². The number of carbonyl (C=O) groups is 1. The van der Waals surface area contributed by atoms with Crippen molar-refractivity contribution < 1.29 is 9.90 Å². The van der Waals surface area contributed by atoms with Gasteiger partial charge in [0.15, 0.2) is 5.78 Å². The van der Waals surface area contributed by atoms with Gasteiger partial charge in [0.25, 0.3) is 0 Å². The molecule has 6 heteroatoms. The number of nitrogens with one attached hydrogen (secondary N) is 1. The highest BCUT2D eigenvalue weighted by Crippen LogP contribution is 2.30. The van der Waals surface area contributed by atoms with Crippen molar-refractivity contribution in [3.05, 3.63) is 83.3 Å². The number of hydrogen-bond donors (Lipinski definition) is 2. The van der Waals surface area contributed by atoms with Crippen molar-refractivity contribution in [2.75, 3.05) is 18.4 Å². The average Bonchev–Trinajstić information content (AvgIpc) is 3.32. The molecule has 2 N–H and O–H groups in total. The molecular formula is C27H30N4O2. The molecule has 0 bridgehead atoms. The van der Waals surface area contributed by atoms with Gasteiger partial charge in [0.1, 0.15) is 12.1 Å². The molecule has 5 rings (SSSR count). The van der Waals surface area contributed by atoms with Crippen LogP contribution in [0.25, 0.3) is 0 Å². The maximum atomic E-state index is 12.9. The molecule has 1 saturated heterocycles. The van der Waals surface area contributed by atoms with Gasteiger partial charge < -0.3 is 10.4 Å². The van der Waals surface area contributed by atoms with E-state index < -0.39 is 5.60 Å². The topological polar surface area (TPSA) is 78.4 Å². The van der Waals surface area contributed by atoms with Crippen LogP contribution in [0, 0.1) is 0 Å². The number of fused-ring (bicyclic) bond motifs is 1. The van der Waals surface area contributed by atoms with Crippen molar-refractivity contribution in [2.24, 2.45) is 0 Å². The van der Waals surface area contributed by atoms with E-state index in [1.54, 1.807) is 6.33 Å². The van der Waals surface area contributed by atoms with Crippen molar-refractivity contribution in [1.29, 1.82) is 0 Å². The van der Waals surface area contributed by atoms with E-state index in [0.717, 1.165) is 56.1 Å². The Morgan fingerprint density at radius 1 is 1.00 bits per heavy atom. The van der Waals surface area contributed by atoms with Crippen LogP contribution in [0.3, 0.4) is 0 Å². The van der Waals surface area contributed by atoms with Crippen LogP contribution in [-0.2, 0) is 19.4 Å². The molecule has 170 valence electrons. The van der Waals surface area contributed by atoms with Crippen molar-refractivity contribution in [2.45, 2.75) is 50.7 Å². The third-order valence-corrected chi connectivity index (χ3v) is 6.87. The molecule has 33 heavy (non-hydrogen) atoms. The van der Waals surface area contributed by atoms with E-state index in [1.165, 1.54) is 11.1 Å². The first kappa shape index (κ1) is 21.7. The van der Waals surface area contributed by atoms with Gasteiger partial charge in [-0.15, -0.1) is 0 Å². The van der Waals surface area contributed by atoms with Crippen LogP contribution in [0.15, 0.2) is 60.9 Å². The Hall–Kier alpha value is -3.09. The zero-order valence-electron chi connectivity index (χ0n) is 18.8. The van der Waals surface area contributed by atoms with Gasteiger partial charge in [-0.2, -0.15) is 0 Å². The molecule has 6 nitrogen and oxygen atoms in total. The summed E-state index contributed by atoms with van der Waals surface area (Å²) in [4.78, 5) is 24.0. The lowest BCUT2D eigenvalue weighted by Gasteiger charge is -2.38. The minimum absolute atomic E-state index is 0.0107. The van der Waals surface area contributed by atoms with Gasteiger partial charge in [-0.25, -0.2) is 9.97 Å². The molecule has 0 radical (unpaired) electrons. The molecule has 0 saturated carbocycles. The van der Waals surface area contributed by atoms with E-state index in [2.05, 4.69) is 44.5 Å². The SMILES string of the molecule is O=C(CC1(O)CCN(Cc2ccccc2)CC1)c1ccc(Nc2ncnc3c2CCC3)cc1. The molecule has 1 aromatic heterocycles. The molecule has 1 aliphatic heterocycles. The molecule has 0 unspecified atom stereocenters. The lowest BCUT2D eigenvalue weighted by Crippen LogP contribution is -2.45. The summed E-state index contributed by atoms with van der Waals surface area (Å²) in [6.07, 6.45) is 6.12. The van der Waals surface area contributed by atoms with Crippen LogP contribution < -0.4 is 5.32 Å². The van der Waals surface area contributed by atoms with Crippen LogP contribution >= 0.6 is 0 Å². The predicted octanol–water partition coefficient (Wildman–Crippen LogP) is 4.31. The van der Waals surface area contributed by atoms with Gasteiger partial charge in [-0.05, 0) is 61.9 Å². The number of piperidine rings is 1. The number of aromatic nitrogens is 2. The standard InChI is InChI=1S/C27H30N4O2/c32-25(17-27(33)13-15-31(16-14-27)18-20-5-2-1-3-6-20)21-9-11-22(12-10-21)30-26-23-7-4-8-24(23)28-19-29-26/h1-3,5-6,9-12,19,33H,4,7-8,13-18H2,(H,28,29,30). The van der Waals surface area contributed by atoms with Gasteiger partial charge in [0.05, 0.1) is 5.60 Å². The van der Waals surface area contributed by atoms with E-state index in [1.807, 2.05) is 30.3 Å². The van der Waals surface area contributed by atoms with E-state index in [9.17, 15) is 9.90 Å². The smallest absolute Gasteiger partial charge is 0.165 e. The largest absolute Gasteiger partial charge is 0.389 e. The molecule has 0 amide bonds. The van der Waals surface area contributed by atoms with Crippen molar-refractivity contribution in [3.63, 3.8) is 0 Å². The molecule has 2 aromatic carbocycles. The number of aryl methyl sites for hydroxylation is 1. The summed E-state index contributed by atoms with van der Waals surface area (Å²) in [7, 11) is 0. The first-order valence-corrected chi connectivity index (χ1v) is 11.8. The highest BCUT2D eigenvalue weighted by atomic mass is 16.3. The first-order valence-electron chi connectivity index (χ1n) is 11.8. The Morgan fingerprint density at radius 2 is 1.76 bits per heavy atom. The summed E-state index contributed by atoms with van der Waals surface area (Å²) in [5.41, 5.74) is 4.20. The second-order valence-corrected chi connectivity index (χ2v) is 9.29. The zero-order valence-corrected chi connectivity index (χ0v) is 18.8. The molecule has 1 fully saturated rings. The van der Waals surface area contributed by atoms with Gasteiger partial charge in [0.2, 0.25) is 0 Å². The van der Waals surface area contributed by atoms with Gasteiger partial charge in [0, 0.05) is 48.6 Å². The van der Waals surface area contributed by atoms with Crippen molar-refractivity contribution >= 4 is 17.3 Å². The third kappa shape index (κ3) is 5.13. The summed E-state index contributed by atoms with van der Waals surface area (Å²) in [5, 5.41) is 14.4. The number of anilines is 2. The fourth-order valence-electron chi connectivity index (χ4n) is 4.89. The van der Waals surface area contributed by atoms with E-state index in [4.69, 9.17) is 0 Å². The van der Waals surface area contributed by atoms with Gasteiger partial charge in [-0.3, -0.25) is 9.69 Å². The lowest BCUT2D eigenvalue weighted by molar-refractivity contribution is -0.0241. The fraction of sp³-hybridized carbons (Fsp3) is 0.370. The predicted molar refractivity (Wildman–Crippen MR) is 129 cm³/mol. The Labute approximate surface area is 194 Å². The number of nitrogens with zero attached hydrogens (tertiary/aromatic N) is 3. The third-order valence-electron chi connectivity index (χ3n) is 6.87. The quantitative estimate of drug-likeness (QED) is 0.531. The monoisotopic (exact) mass is 442 g/mol. The normalized spacial score (nSPS) is 17.5. The summed E-state index contributed by atoms with van der Waals surface area (Å²) < 4.78 is 0. The molecule has 1 aliphatic carbocycles. The minimum Gasteiger partial charge on any atom is -0.389 e. The van der Waals surface area contributed by atoms with Crippen LogP contribution in [0.2, 0.25) is 0 Å². The first-order chi connectivity index (χ1) is 16.1. The molecule has 0 spiro atoms. The van der Waals surface area contributed by atoms with Gasteiger partial charge in [-0.1, -0.05) is 30.3 Å². The number of aliphatic hydroxyl groups is 1. The van der Waals surface area contributed by atoms with E-state index in [0.29, 0.717) is 18.4 Å². The zero-order chi connectivity index (χ0) is 22.7. The van der Waals surface area contributed by atoms with Crippen LogP contribution in [-0.4, -0.2) is 44.4 Å². The summed E-state index contributed by atoms with van der Waals surface area (Å²) >= 11 is 0. The number of hydrogen-bond acceptors (Lipinski definition) is 6.